The van der Waals surface area contributed by atoms with Crippen LogP contribution in [0.3, 0.4) is 0 Å². The lowest BCUT2D eigenvalue weighted by molar-refractivity contribution is 0.102. The summed E-state index contributed by atoms with van der Waals surface area (Å²) >= 11 is 0. The minimum atomic E-state index is -0.226. The van der Waals surface area contributed by atoms with Crippen molar-refractivity contribution in [2.24, 2.45) is 0 Å². The SMILES string of the molecule is CCCCCNC(=O)NCc1ccc(C(=O)Nc2ccccc2N)cc1. The summed E-state index contributed by atoms with van der Waals surface area (Å²) in [6.07, 6.45) is 3.22. The first-order valence-corrected chi connectivity index (χ1v) is 8.86. The Kier molecular flexibility index (Phi) is 7.49. The summed E-state index contributed by atoms with van der Waals surface area (Å²) in [7, 11) is 0. The molecule has 2 rings (SSSR count). The number of carbonyl (C=O) groups is 2. The first-order chi connectivity index (χ1) is 12.6. The van der Waals surface area contributed by atoms with Crippen LogP contribution in [-0.4, -0.2) is 18.5 Å². The molecule has 2 aromatic rings. The smallest absolute Gasteiger partial charge is 0.315 e. The maximum absolute atomic E-state index is 12.3. The van der Waals surface area contributed by atoms with E-state index >= 15 is 0 Å². The summed E-state index contributed by atoms with van der Waals surface area (Å²) in [6, 6.07) is 14.0. The van der Waals surface area contributed by atoms with E-state index in [1.807, 2.05) is 24.3 Å². The standard InChI is InChI=1S/C20H26N4O2/c1-2-3-6-13-22-20(26)23-14-15-9-11-16(12-10-15)19(25)24-18-8-5-4-7-17(18)21/h4-5,7-12H,2-3,6,13-14,21H2,1H3,(H,24,25)(H2,22,23,26). The van der Waals surface area contributed by atoms with Gasteiger partial charge in [0.15, 0.2) is 0 Å². The number of urea groups is 1. The second kappa shape index (κ2) is 10.1. The largest absolute Gasteiger partial charge is 0.397 e. The third-order valence-corrected chi connectivity index (χ3v) is 3.94. The fourth-order valence-corrected chi connectivity index (χ4v) is 2.40. The molecule has 0 unspecified atom stereocenters. The van der Waals surface area contributed by atoms with Crippen LogP contribution in [0.2, 0.25) is 0 Å². The summed E-state index contributed by atoms with van der Waals surface area (Å²) in [4.78, 5) is 24.0. The van der Waals surface area contributed by atoms with Crippen molar-refractivity contribution >= 4 is 23.3 Å². The highest BCUT2D eigenvalue weighted by Crippen LogP contribution is 2.18. The predicted molar refractivity (Wildman–Crippen MR) is 105 cm³/mol. The third kappa shape index (κ3) is 6.12. The van der Waals surface area contributed by atoms with E-state index in [1.165, 1.54) is 0 Å². The van der Waals surface area contributed by atoms with Crippen LogP contribution in [0.25, 0.3) is 0 Å². The number of rotatable bonds is 8. The highest BCUT2D eigenvalue weighted by molar-refractivity contribution is 6.05. The minimum absolute atomic E-state index is 0.178. The van der Waals surface area contributed by atoms with Gasteiger partial charge in [-0.05, 0) is 36.2 Å². The number of nitrogens with one attached hydrogen (secondary N) is 3. The van der Waals surface area contributed by atoms with E-state index in [9.17, 15) is 9.59 Å². The van der Waals surface area contributed by atoms with Gasteiger partial charge in [0.05, 0.1) is 11.4 Å². The normalized spacial score (nSPS) is 10.2. The number of para-hydroxylation sites is 2. The Hall–Kier alpha value is -3.02. The van der Waals surface area contributed by atoms with Gasteiger partial charge in [-0.3, -0.25) is 4.79 Å². The summed E-state index contributed by atoms with van der Waals surface area (Å²) in [6.45, 7) is 3.22. The van der Waals surface area contributed by atoms with Crippen LogP contribution in [0.15, 0.2) is 48.5 Å². The Balaban J connectivity index is 1.81. The molecule has 0 fully saturated rings. The molecule has 0 aliphatic carbocycles. The van der Waals surface area contributed by atoms with Crippen molar-refractivity contribution in [3.63, 3.8) is 0 Å². The molecule has 5 N–H and O–H groups in total. The fourth-order valence-electron chi connectivity index (χ4n) is 2.40. The highest BCUT2D eigenvalue weighted by atomic mass is 16.2. The zero-order chi connectivity index (χ0) is 18.8. The van der Waals surface area contributed by atoms with Gasteiger partial charge in [-0.1, -0.05) is 44.0 Å². The predicted octanol–water partition coefficient (Wildman–Crippen LogP) is 3.51. The first-order valence-electron chi connectivity index (χ1n) is 8.86. The number of unbranched alkanes of at least 4 members (excludes halogenated alkanes) is 2. The molecule has 0 aromatic heterocycles. The molecule has 0 saturated heterocycles. The van der Waals surface area contributed by atoms with E-state index in [0.717, 1.165) is 24.8 Å². The van der Waals surface area contributed by atoms with E-state index in [0.29, 0.717) is 30.0 Å². The molecule has 0 spiro atoms. The van der Waals surface area contributed by atoms with Crippen LogP contribution >= 0.6 is 0 Å². The molecule has 0 atom stereocenters. The van der Waals surface area contributed by atoms with Crippen molar-refractivity contribution in [3.8, 4) is 0 Å². The maximum Gasteiger partial charge on any atom is 0.315 e. The molecule has 0 saturated carbocycles. The summed E-state index contributed by atoms with van der Waals surface area (Å²) in [5.41, 5.74) is 8.39. The lowest BCUT2D eigenvalue weighted by Crippen LogP contribution is -2.35. The van der Waals surface area contributed by atoms with Gasteiger partial charge in [0.1, 0.15) is 0 Å². The Morgan fingerprint density at radius 3 is 2.38 bits per heavy atom. The summed E-state index contributed by atoms with van der Waals surface area (Å²) in [5, 5.41) is 8.41. The van der Waals surface area contributed by atoms with Crippen LogP contribution in [0.5, 0.6) is 0 Å². The average Bonchev–Trinajstić information content (AvgIpc) is 2.66. The van der Waals surface area contributed by atoms with Crippen molar-refractivity contribution in [1.82, 2.24) is 10.6 Å². The molecular formula is C20H26N4O2. The molecule has 0 aliphatic rings. The number of carbonyl (C=O) groups excluding carboxylic acids is 2. The summed E-state index contributed by atoms with van der Waals surface area (Å²) in [5.74, 6) is -0.226. The van der Waals surface area contributed by atoms with Crippen molar-refractivity contribution < 1.29 is 9.59 Å². The quantitative estimate of drug-likeness (QED) is 0.431. The van der Waals surface area contributed by atoms with Gasteiger partial charge in [0.25, 0.3) is 5.91 Å². The Labute approximate surface area is 154 Å². The second-order valence-electron chi connectivity index (χ2n) is 6.05. The van der Waals surface area contributed by atoms with Gasteiger partial charge in [-0.25, -0.2) is 4.79 Å². The number of hydrogen-bond donors (Lipinski definition) is 4. The Bertz CT molecular complexity index is 729. The van der Waals surface area contributed by atoms with Gasteiger partial charge in [-0.15, -0.1) is 0 Å². The molecule has 6 heteroatoms. The first kappa shape index (κ1) is 19.3. The fraction of sp³-hybridized carbons (Fsp3) is 0.300. The van der Waals surface area contributed by atoms with Crippen molar-refractivity contribution in [2.75, 3.05) is 17.6 Å². The Morgan fingerprint density at radius 1 is 0.962 bits per heavy atom. The van der Waals surface area contributed by atoms with E-state index in [-0.39, 0.29) is 11.9 Å². The topological polar surface area (TPSA) is 96.2 Å². The monoisotopic (exact) mass is 354 g/mol. The van der Waals surface area contributed by atoms with Crippen LogP contribution in [0.1, 0.15) is 42.1 Å². The van der Waals surface area contributed by atoms with Crippen LogP contribution < -0.4 is 21.7 Å². The number of anilines is 2. The second-order valence-corrected chi connectivity index (χ2v) is 6.05. The van der Waals surface area contributed by atoms with Gasteiger partial charge in [-0.2, -0.15) is 0 Å². The molecule has 0 heterocycles. The molecular weight excluding hydrogens is 328 g/mol. The van der Waals surface area contributed by atoms with Gasteiger partial charge in [0, 0.05) is 18.7 Å². The number of benzene rings is 2. The van der Waals surface area contributed by atoms with Crippen molar-refractivity contribution in [3.05, 3.63) is 59.7 Å². The van der Waals surface area contributed by atoms with Gasteiger partial charge >= 0.3 is 6.03 Å². The molecule has 0 radical (unpaired) electrons. The number of amides is 3. The molecule has 0 aliphatic heterocycles. The van der Waals surface area contributed by atoms with Gasteiger partial charge in [0.2, 0.25) is 0 Å². The van der Waals surface area contributed by atoms with E-state index in [4.69, 9.17) is 5.73 Å². The Morgan fingerprint density at radius 2 is 1.69 bits per heavy atom. The maximum atomic E-state index is 12.3. The van der Waals surface area contributed by atoms with Crippen molar-refractivity contribution in [1.29, 1.82) is 0 Å². The molecule has 2 aromatic carbocycles. The van der Waals surface area contributed by atoms with Gasteiger partial charge < -0.3 is 21.7 Å². The number of hydrogen-bond acceptors (Lipinski definition) is 3. The zero-order valence-corrected chi connectivity index (χ0v) is 15.0. The van der Waals surface area contributed by atoms with Crippen LogP contribution in [0, 0.1) is 0 Å². The number of nitrogen functional groups attached to an aromatic ring is 1. The number of nitrogens with two attached hydrogens (primary N) is 1. The van der Waals surface area contributed by atoms with Crippen molar-refractivity contribution in [2.45, 2.75) is 32.7 Å². The average molecular weight is 354 g/mol. The molecule has 6 nitrogen and oxygen atoms in total. The lowest BCUT2D eigenvalue weighted by atomic mass is 10.1. The third-order valence-electron chi connectivity index (χ3n) is 3.94. The summed E-state index contributed by atoms with van der Waals surface area (Å²) < 4.78 is 0. The van der Waals surface area contributed by atoms with Crippen LogP contribution in [-0.2, 0) is 6.54 Å². The van der Waals surface area contributed by atoms with E-state index in [1.54, 1.807) is 24.3 Å². The lowest BCUT2D eigenvalue weighted by Gasteiger charge is -2.09. The molecule has 3 amide bonds. The van der Waals surface area contributed by atoms with Crippen LogP contribution in [0.4, 0.5) is 16.2 Å². The molecule has 26 heavy (non-hydrogen) atoms. The minimum Gasteiger partial charge on any atom is -0.397 e. The van der Waals surface area contributed by atoms with E-state index in [2.05, 4.69) is 22.9 Å². The molecule has 138 valence electrons. The molecule has 0 bridgehead atoms. The highest BCUT2D eigenvalue weighted by Gasteiger charge is 2.08. The van der Waals surface area contributed by atoms with E-state index < -0.39 is 0 Å². The zero-order valence-electron chi connectivity index (χ0n) is 15.0.